The molecule has 3 aromatic rings. The molecule has 1 aromatic heterocycles. The van der Waals surface area contributed by atoms with E-state index in [1.54, 1.807) is 20.4 Å². The molecule has 3 rings (SSSR count). The second-order valence-corrected chi connectivity index (χ2v) is 4.55. The summed E-state index contributed by atoms with van der Waals surface area (Å²) in [5, 5.41) is 4.41. The molecule has 0 radical (unpaired) electrons. The van der Waals surface area contributed by atoms with Gasteiger partial charge in [-0.2, -0.15) is 5.10 Å². The average molecular weight is 280 g/mol. The van der Waals surface area contributed by atoms with Crippen LogP contribution in [-0.4, -0.2) is 24.0 Å². The zero-order valence-corrected chi connectivity index (χ0v) is 12.0. The normalized spacial score (nSPS) is 10.4. The van der Waals surface area contributed by atoms with E-state index >= 15 is 0 Å². The molecular weight excluding hydrogens is 264 g/mol. The molecule has 0 N–H and O–H groups in total. The van der Waals surface area contributed by atoms with Crippen molar-refractivity contribution >= 4 is 0 Å². The summed E-state index contributed by atoms with van der Waals surface area (Å²) < 4.78 is 12.3. The molecule has 4 nitrogen and oxygen atoms in total. The summed E-state index contributed by atoms with van der Waals surface area (Å²) in [5.41, 5.74) is 3.11. The number of hydrogen-bond donors (Lipinski definition) is 0. The number of methoxy groups -OCH3 is 2. The Morgan fingerprint density at radius 2 is 1.33 bits per heavy atom. The van der Waals surface area contributed by atoms with Crippen LogP contribution in [-0.2, 0) is 0 Å². The Kier molecular flexibility index (Phi) is 3.60. The highest BCUT2D eigenvalue weighted by molar-refractivity contribution is 5.62. The van der Waals surface area contributed by atoms with Crippen LogP contribution in [0.4, 0.5) is 0 Å². The quantitative estimate of drug-likeness (QED) is 0.733. The molecule has 0 spiro atoms. The lowest BCUT2D eigenvalue weighted by molar-refractivity contribution is 0.414. The van der Waals surface area contributed by atoms with Gasteiger partial charge in [0, 0.05) is 5.56 Å². The van der Waals surface area contributed by atoms with Gasteiger partial charge in [0.25, 0.3) is 0 Å². The highest BCUT2D eigenvalue weighted by Crippen LogP contribution is 2.25. The second kappa shape index (κ2) is 5.71. The number of benzene rings is 2. The fraction of sp³-hybridized carbons (Fsp3) is 0.118. The molecular formula is C17H16N2O2. The molecule has 0 bridgehead atoms. The summed E-state index contributed by atoms with van der Waals surface area (Å²) in [5.74, 6) is 1.67. The average Bonchev–Trinajstić information content (AvgIpc) is 3.04. The van der Waals surface area contributed by atoms with Crippen LogP contribution in [0.15, 0.2) is 60.8 Å². The van der Waals surface area contributed by atoms with Crippen LogP contribution in [0.1, 0.15) is 0 Å². The lowest BCUT2D eigenvalue weighted by Crippen LogP contribution is -1.98. The third-order valence-corrected chi connectivity index (χ3v) is 3.35. The maximum Gasteiger partial charge on any atom is 0.119 e. The highest BCUT2D eigenvalue weighted by atomic mass is 16.5. The Balaban J connectivity index is 1.99. The minimum Gasteiger partial charge on any atom is -0.497 e. The lowest BCUT2D eigenvalue weighted by Gasteiger charge is -2.09. The van der Waals surface area contributed by atoms with E-state index in [1.807, 2.05) is 59.3 Å². The maximum absolute atomic E-state index is 5.19. The van der Waals surface area contributed by atoms with E-state index in [0.717, 1.165) is 28.4 Å². The van der Waals surface area contributed by atoms with E-state index in [-0.39, 0.29) is 0 Å². The van der Waals surface area contributed by atoms with Crippen molar-refractivity contribution in [2.24, 2.45) is 0 Å². The maximum atomic E-state index is 5.19. The van der Waals surface area contributed by atoms with E-state index in [9.17, 15) is 0 Å². The molecule has 21 heavy (non-hydrogen) atoms. The molecule has 0 fully saturated rings. The second-order valence-electron chi connectivity index (χ2n) is 4.55. The Morgan fingerprint density at radius 3 is 1.90 bits per heavy atom. The van der Waals surface area contributed by atoms with Gasteiger partial charge in [0.15, 0.2) is 0 Å². The van der Waals surface area contributed by atoms with E-state index in [4.69, 9.17) is 9.47 Å². The van der Waals surface area contributed by atoms with E-state index in [1.165, 1.54) is 0 Å². The Bertz CT molecular complexity index is 653. The van der Waals surface area contributed by atoms with Gasteiger partial charge < -0.3 is 9.47 Å². The van der Waals surface area contributed by atoms with Crippen molar-refractivity contribution in [3.05, 3.63) is 60.8 Å². The van der Waals surface area contributed by atoms with Gasteiger partial charge in [-0.3, -0.25) is 0 Å². The number of rotatable bonds is 4. The lowest BCUT2D eigenvalue weighted by atomic mass is 10.1. The number of hydrogen-bond acceptors (Lipinski definition) is 3. The third-order valence-electron chi connectivity index (χ3n) is 3.35. The summed E-state index contributed by atoms with van der Waals surface area (Å²) in [6.45, 7) is 0. The van der Waals surface area contributed by atoms with Crippen LogP contribution in [0.3, 0.4) is 0 Å². The van der Waals surface area contributed by atoms with Gasteiger partial charge in [0.2, 0.25) is 0 Å². The smallest absolute Gasteiger partial charge is 0.119 e. The highest BCUT2D eigenvalue weighted by Gasteiger charge is 2.07. The van der Waals surface area contributed by atoms with Crippen LogP contribution < -0.4 is 9.47 Å². The minimum atomic E-state index is 0.830. The fourth-order valence-corrected chi connectivity index (χ4v) is 2.21. The van der Waals surface area contributed by atoms with Crippen molar-refractivity contribution in [3.63, 3.8) is 0 Å². The van der Waals surface area contributed by atoms with E-state index < -0.39 is 0 Å². The first-order chi connectivity index (χ1) is 10.3. The molecule has 0 unspecified atom stereocenters. The van der Waals surface area contributed by atoms with Crippen molar-refractivity contribution in [2.45, 2.75) is 0 Å². The van der Waals surface area contributed by atoms with Crippen molar-refractivity contribution < 1.29 is 9.47 Å². The molecule has 0 aliphatic carbocycles. The number of ether oxygens (including phenoxy) is 2. The minimum absolute atomic E-state index is 0.830. The topological polar surface area (TPSA) is 36.3 Å². The Labute approximate surface area is 123 Å². The first-order valence-electron chi connectivity index (χ1n) is 6.64. The van der Waals surface area contributed by atoms with Gasteiger partial charge in [-0.05, 0) is 54.6 Å². The first-order valence-corrected chi connectivity index (χ1v) is 6.64. The zero-order valence-electron chi connectivity index (χ0n) is 12.0. The Morgan fingerprint density at radius 1 is 0.762 bits per heavy atom. The van der Waals surface area contributed by atoms with Crippen LogP contribution in [0.5, 0.6) is 11.5 Å². The zero-order chi connectivity index (χ0) is 14.7. The van der Waals surface area contributed by atoms with Crippen LogP contribution in [0.2, 0.25) is 0 Å². The molecule has 0 aliphatic heterocycles. The molecule has 0 atom stereocenters. The van der Waals surface area contributed by atoms with Crippen molar-refractivity contribution in [1.29, 1.82) is 0 Å². The van der Waals surface area contributed by atoms with Gasteiger partial charge in [0.05, 0.1) is 31.8 Å². The molecule has 0 aliphatic rings. The summed E-state index contributed by atoms with van der Waals surface area (Å²) in [4.78, 5) is 0. The van der Waals surface area contributed by atoms with Gasteiger partial charge >= 0.3 is 0 Å². The molecule has 1 heterocycles. The van der Waals surface area contributed by atoms with Crippen LogP contribution in [0, 0.1) is 0 Å². The summed E-state index contributed by atoms with van der Waals surface area (Å²) >= 11 is 0. The van der Waals surface area contributed by atoms with Crippen molar-refractivity contribution in [1.82, 2.24) is 9.78 Å². The molecule has 0 saturated carbocycles. The first kappa shape index (κ1) is 13.2. The number of aromatic nitrogens is 2. The molecule has 4 heteroatoms. The monoisotopic (exact) mass is 280 g/mol. The summed E-state index contributed by atoms with van der Waals surface area (Å²) in [6.07, 6.45) is 1.80. The van der Waals surface area contributed by atoms with Gasteiger partial charge in [-0.15, -0.1) is 0 Å². The predicted molar refractivity (Wildman–Crippen MR) is 82.1 cm³/mol. The van der Waals surface area contributed by atoms with E-state index in [2.05, 4.69) is 5.10 Å². The molecule has 0 amide bonds. The van der Waals surface area contributed by atoms with Crippen molar-refractivity contribution in [3.8, 4) is 28.4 Å². The summed E-state index contributed by atoms with van der Waals surface area (Å²) in [6, 6.07) is 17.8. The standard InChI is InChI=1S/C17H16N2O2/c1-20-15-7-3-13(4-8-15)17-11-12-18-19(17)14-5-9-16(21-2)10-6-14/h3-12H,1-2H3. The third kappa shape index (κ3) is 2.60. The summed E-state index contributed by atoms with van der Waals surface area (Å²) in [7, 11) is 3.32. The number of nitrogens with zero attached hydrogens (tertiary/aromatic N) is 2. The largest absolute Gasteiger partial charge is 0.497 e. The molecule has 106 valence electrons. The molecule has 0 saturated heterocycles. The van der Waals surface area contributed by atoms with Gasteiger partial charge in [-0.25, -0.2) is 4.68 Å². The van der Waals surface area contributed by atoms with E-state index in [0.29, 0.717) is 0 Å². The molecule has 2 aromatic carbocycles. The fourth-order valence-electron chi connectivity index (χ4n) is 2.21. The SMILES string of the molecule is COc1ccc(-c2ccnn2-c2ccc(OC)cc2)cc1. The van der Waals surface area contributed by atoms with Crippen LogP contribution in [0.25, 0.3) is 16.9 Å². The predicted octanol–water partition coefficient (Wildman–Crippen LogP) is 3.56. The van der Waals surface area contributed by atoms with Gasteiger partial charge in [0.1, 0.15) is 11.5 Å². The van der Waals surface area contributed by atoms with Gasteiger partial charge in [-0.1, -0.05) is 0 Å². The van der Waals surface area contributed by atoms with Crippen LogP contribution >= 0.6 is 0 Å². The Hall–Kier alpha value is -2.75. The van der Waals surface area contributed by atoms with Crippen molar-refractivity contribution in [2.75, 3.05) is 14.2 Å².